The fourth-order valence-corrected chi connectivity index (χ4v) is 3.55. The van der Waals surface area contributed by atoms with Crippen LogP contribution in [0.5, 0.6) is 0 Å². The SMILES string of the molecule is CCC(CC)(CN)C(=O)NCc1ccccc1N1CCN(C(C)=O)CC1.Cl.Cl. The van der Waals surface area contributed by atoms with Gasteiger partial charge in [0.25, 0.3) is 0 Å². The number of nitrogens with zero attached hydrogens (tertiary/aromatic N) is 2. The Morgan fingerprint density at radius 2 is 1.64 bits per heavy atom. The van der Waals surface area contributed by atoms with Crippen LogP contribution in [0.2, 0.25) is 0 Å². The van der Waals surface area contributed by atoms with E-state index >= 15 is 0 Å². The first-order chi connectivity index (χ1) is 12.5. The molecule has 0 bridgehead atoms. The van der Waals surface area contributed by atoms with Crippen LogP contribution in [-0.4, -0.2) is 49.4 Å². The molecule has 0 atom stereocenters. The monoisotopic (exact) mass is 432 g/mol. The summed E-state index contributed by atoms with van der Waals surface area (Å²) in [7, 11) is 0. The molecule has 0 aromatic heterocycles. The Morgan fingerprint density at radius 1 is 1.07 bits per heavy atom. The van der Waals surface area contributed by atoms with Crippen molar-refractivity contribution in [2.45, 2.75) is 40.2 Å². The molecule has 28 heavy (non-hydrogen) atoms. The van der Waals surface area contributed by atoms with Crippen LogP contribution in [0.25, 0.3) is 0 Å². The molecule has 8 heteroatoms. The summed E-state index contributed by atoms with van der Waals surface area (Å²) in [4.78, 5) is 28.4. The molecular formula is C20H34Cl2N4O2. The third-order valence-electron chi connectivity index (χ3n) is 5.72. The summed E-state index contributed by atoms with van der Waals surface area (Å²) in [5.74, 6) is 0.156. The van der Waals surface area contributed by atoms with Crippen LogP contribution in [0.1, 0.15) is 39.2 Å². The third kappa shape index (κ3) is 6.00. The lowest BCUT2D eigenvalue weighted by atomic mass is 9.81. The van der Waals surface area contributed by atoms with E-state index in [4.69, 9.17) is 5.73 Å². The zero-order valence-electron chi connectivity index (χ0n) is 17.1. The summed E-state index contributed by atoms with van der Waals surface area (Å²) in [5, 5.41) is 3.09. The number of nitrogens with one attached hydrogen (secondary N) is 1. The highest BCUT2D eigenvalue weighted by Crippen LogP contribution is 2.26. The van der Waals surface area contributed by atoms with Gasteiger partial charge in [-0.05, 0) is 24.5 Å². The lowest BCUT2D eigenvalue weighted by Crippen LogP contribution is -2.48. The highest BCUT2D eigenvalue weighted by molar-refractivity contribution is 5.85. The van der Waals surface area contributed by atoms with Gasteiger partial charge in [-0.3, -0.25) is 9.59 Å². The van der Waals surface area contributed by atoms with Gasteiger partial charge < -0.3 is 20.9 Å². The number of piperazine rings is 1. The second kappa shape index (κ2) is 12.1. The van der Waals surface area contributed by atoms with Crippen LogP contribution in [0.3, 0.4) is 0 Å². The lowest BCUT2D eigenvalue weighted by molar-refractivity contribution is -0.131. The first-order valence-electron chi connectivity index (χ1n) is 9.54. The minimum Gasteiger partial charge on any atom is -0.368 e. The molecule has 0 spiro atoms. The predicted molar refractivity (Wildman–Crippen MR) is 119 cm³/mol. The maximum absolute atomic E-state index is 12.7. The molecule has 3 N–H and O–H groups in total. The van der Waals surface area contributed by atoms with Crippen molar-refractivity contribution in [3.05, 3.63) is 29.8 Å². The Balaban J connectivity index is 0.00000364. The Kier molecular flexibility index (Phi) is 11.5. The second-order valence-electron chi connectivity index (χ2n) is 7.00. The third-order valence-corrected chi connectivity index (χ3v) is 5.72. The fraction of sp³-hybridized carbons (Fsp3) is 0.600. The summed E-state index contributed by atoms with van der Waals surface area (Å²) in [6.07, 6.45) is 1.47. The molecule has 0 aliphatic carbocycles. The largest absolute Gasteiger partial charge is 0.368 e. The summed E-state index contributed by atoms with van der Waals surface area (Å²) < 4.78 is 0. The van der Waals surface area contributed by atoms with Crippen molar-refractivity contribution in [2.75, 3.05) is 37.6 Å². The number of rotatable bonds is 7. The predicted octanol–water partition coefficient (Wildman–Crippen LogP) is 2.58. The topological polar surface area (TPSA) is 78.7 Å². The molecule has 0 radical (unpaired) electrons. The molecule has 1 saturated heterocycles. The number of nitrogens with two attached hydrogens (primary N) is 1. The van der Waals surface area contributed by atoms with E-state index in [2.05, 4.69) is 22.3 Å². The number of carbonyl (C=O) groups excluding carboxylic acids is 2. The number of para-hydroxylation sites is 1. The summed E-state index contributed by atoms with van der Waals surface area (Å²) in [6, 6.07) is 8.14. The highest BCUT2D eigenvalue weighted by Gasteiger charge is 2.33. The number of benzene rings is 1. The molecule has 160 valence electrons. The number of amides is 2. The van der Waals surface area contributed by atoms with Crippen LogP contribution >= 0.6 is 24.8 Å². The van der Waals surface area contributed by atoms with Gasteiger partial charge in [0.05, 0.1) is 5.41 Å². The van der Waals surface area contributed by atoms with Gasteiger partial charge in [-0.25, -0.2) is 0 Å². The van der Waals surface area contributed by atoms with Crippen LogP contribution in [-0.2, 0) is 16.1 Å². The van der Waals surface area contributed by atoms with E-state index in [1.807, 2.05) is 30.9 Å². The molecule has 1 aromatic rings. The van der Waals surface area contributed by atoms with Gasteiger partial charge in [-0.1, -0.05) is 32.0 Å². The van der Waals surface area contributed by atoms with Crippen molar-refractivity contribution in [1.82, 2.24) is 10.2 Å². The van der Waals surface area contributed by atoms with Crippen molar-refractivity contribution in [3.8, 4) is 0 Å². The molecule has 2 amide bonds. The van der Waals surface area contributed by atoms with E-state index < -0.39 is 5.41 Å². The zero-order chi connectivity index (χ0) is 19.2. The summed E-state index contributed by atoms with van der Waals surface area (Å²) in [5.41, 5.74) is 7.62. The number of anilines is 1. The van der Waals surface area contributed by atoms with E-state index in [-0.39, 0.29) is 36.6 Å². The maximum atomic E-state index is 12.7. The molecule has 0 saturated carbocycles. The minimum absolute atomic E-state index is 0. The Morgan fingerprint density at radius 3 is 2.14 bits per heavy atom. The van der Waals surface area contributed by atoms with Crippen molar-refractivity contribution in [1.29, 1.82) is 0 Å². The van der Waals surface area contributed by atoms with Gasteiger partial charge in [0.15, 0.2) is 0 Å². The average Bonchev–Trinajstić information content (AvgIpc) is 2.68. The second-order valence-corrected chi connectivity index (χ2v) is 7.00. The molecule has 1 fully saturated rings. The van der Waals surface area contributed by atoms with Crippen molar-refractivity contribution >= 4 is 42.3 Å². The molecule has 1 aliphatic rings. The van der Waals surface area contributed by atoms with Gasteiger partial charge in [0.1, 0.15) is 0 Å². The standard InChI is InChI=1S/C20H32N4O2.2ClH/c1-4-20(5-2,15-21)19(26)22-14-17-8-6-7-9-18(17)24-12-10-23(11-13-24)16(3)25;;/h6-9H,4-5,10-15,21H2,1-3H3,(H,22,26);2*1H. The molecule has 1 aromatic carbocycles. The van der Waals surface area contributed by atoms with E-state index in [9.17, 15) is 9.59 Å². The smallest absolute Gasteiger partial charge is 0.227 e. The number of carbonyl (C=O) groups is 2. The maximum Gasteiger partial charge on any atom is 0.227 e. The van der Waals surface area contributed by atoms with Crippen molar-refractivity contribution in [3.63, 3.8) is 0 Å². The Bertz CT molecular complexity index is 622. The van der Waals surface area contributed by atoms with Crippen LogP contribution < -0.4 is 16.0 Å². The van der Waals surface area contributed by atoms with Crippen molar-refractivity contribution in [2.24, 2.45) is 11.1 Å². The van der Waals surface area contributed by atoms with Gasteiger partial charge in [-0.2, -0.15) is 0 Å². The van der Waals surface area contributed by atoms with Crippen LogP contribution in [0.15, 0.2) is 24.3 Å². The molecular weight excluding hydrogens is 399 g/mol. The number of hydrogen-bond donors (Lipinski definition) is 2. The van der Waals surface area contributed by atoms with Gasteiger partial charge in [0, 0.05) is 51.9 Å². The van der Waals surface area contributed by atoms with E-state index in [1.54, 1.807) is 6.92 Å². The van der Waals surface area contributed by atoms with Gasteiger partial charge in [-0.15, -0.1) is 24.8 Å². The number of halogens is 2. The average molecular weight is 433 g/mol. The summed E-state index contributed by atoms with van der Waals surface area (Å²) in [6.45, 7) is 9.57. The fourth-order valence-electron chi connectivity index (χ4n) is 3.55. The molecule has 1 heterocycles. The van der Waals surface area contributed by atoms with E-state index in [0.29, 0.717) is 13.1 Å². The van der Waals surface area contributed by atoms with E-state index in [1.165, 1.54) is 0 Å². The van der Waals surface area contributed by atoms with Gasteiger partial charge >= 0.3 is 0 Å². The minimum atomic E-state index is -0.484. The molecule has 6 nitrogen and oxygen atoms in total. The Hall–Kier alpha value is -1.50. The van der Waals surface area contributed by atoms with Gasteiger partial charge in [0.2, 0.25) is 11.8 Å². The first-order valence-corrected chi connectivity index (χ1v) is 9.54. The van der Waals surface area contributed by atoms with Crippen LogP contribution in [0.4, 0.5) is 5.69 Å². The van der Waals surface area contributed by atoms with E-state index in [0.717, 1.165) is 50.3 Å². The summed E-state index contributed by atoms with van der Waals surface area (Å²) >= 11 is 0. The molecule has 1 aliphatic heterocycles. The lowest BCUT2D eigenvalue weighted by Gasteiger charge is -2.36. The molecule has 2 rings (SSSR count). The number of hydrogen-bond acceptors (Lipinski definition) is 4. The quantitative estimate of drug-likeness (QED) is 0.693. The highest BCUT2D eigenvalue weighted by atomic mass is 35.5. The zero-order valence-corrected chi connectivity index (χ0v) is 18.7. The van der Waals surface area contributed by atoms with Crippen molar-refractivity contribution < 1.29 is 9.59 Å². The first kappa shape index (κ1) is 26.5. The Labute approximate surface area is 181 Å². The molecule has 0 unspecified atom stereocenters. The van der Waals surface area contributed by atoms with Crippen LogP contribution in [0, 0.1) is 5.41 Å². The normalized spacial score (nSPS) is 14.0.